The number of piperidine rings is 2. The maximum absolute atomic E-state index is 12.2. The van der Waals surface area contributed by atoms with E-state index < -0.39 is 11.2 Å². The van der Waals surface area contributed by atoms with E-state index in [0.717, 1.165) is 63.9 Å². The number of carbonyl (C=O) groups excluding carboxylic acids is 2. The molecule has 3 aliphatic heterocycles. The monoisotopic (exact) mass is 749 g/mol. The van der Waals surface area contributed by atoms with Crippen molar-refractivity contribution in [2.75, 3.05) is 38.0 Å². The minimum Gasteiger partial charge on any atom is -0.444 e. The molecule has 8 nitrogen and oxygen atoms in total. The maximum Gasteiger partial charge on any atom is 0.410 e. The molecule has 0 unspecified atom stereocenters. The van der Waals surface area contributed by atoms with E-state index in [4.69, 9.17) is 9.47 Å². The molecule has 0 bridgehead atoms. The molecule has 3 aromatic rings. The fourth-order valence-corrected chi connectivity index (χ4v) is 6.73. The molecular weight excluding hydrogens is 695 g/mol. The third kappa shape index (κ3) is 10.4. The van der Waals surface area contributed by atoms with Crippen LogP contribution in [0.4, 0.5) is 15.3 Å². The minimum absolute atomic E-state index is 0. The fraction of sp³-hybridized carbons (Fsp3) is 0.538. The Morgan fingerprint density at radius 2 is 1.25 bits per heavy atom. The van der Waals surface area contributed by atoms with Crippen LogP contribution >= 0.6 is 0 Å². The van der Waals surface area contributed by atoms with Gasteiger partial charge in [0.1, 0.15) is 11.2 Å². The van der Waals surface area contributed by atoms with E-state index in [2.05, 4.69) is 52.8 Å². The first-order valence-electron chi connectivity index (χ1n) is 17.0. The van der Waals surface area contributed by atoms with Gasteiger partial charge >= 0.3 is 12.2 Å². The third-order valence-electron chi connectivity index (χ3n) is 8.94. The number of benzene rings is 2. The Hall–Kier alpha value is -3.15. The summed E-state index contributed by atoms with van der Waals surface area (Å²) in [4.78, 5) is 32.6. The van der Waals surface area contributed by atoms with E-state index in [1.54, 1.807) is 0 Å². The molecule has 0 radical (unpaired) electrons. The van der Waals surface area contributed by atoms with Gasteiger partial charge in [-0.25, -0.2) is 9.59 Å². The number of nitrogens with zero attached hydrogens (tertiary/aromatic N) is 3. The second kappa shape index (κ2) is 17.0. The number of aromatic nitrogens is 1. The summed E-state index contributed by atoms with van der Waals surface area (Å²) < 4.78 is 10.9. The van der Waals surface area contributed by atoms with Crippen molar-refractivity contribution < 1.29 is 39.5 Å². The van der Waals surface area contributed by atoms with Gasteiger partial charge in [0.2, 0.25) is 0 Å². The van der Waals surface area contributed by atoms with Crippen molar-refractivity contribution in [1.29, 1.82) is 0 Å². The zero-order valence-corrected chi connectivity index (χ0v) is 31.5. The van der Waals surface area contributed by atoms with Gasteiger partial charge in [0.05, 0.1) is 5.52 Å². The summed E-state index contributed by atoms with van der Waals surface area (Å²) in [6, 6.07) is 17.1. The number of ether oxygens (including phenoxy) is 2. The van der Waals surface area contributed by atoms with Crippen LogP contribution in [0.2, 0.25) is 0 Å². The van der Waals surface area contributed by atoms with Crippen molar-refractivity contribution in [3.63, 3.8) is 0 Å². The Morgan fingerprint density at radius 1 is 0.750 bits per heavy atom. The zero-order valence-electron chi connectivity index (χ0n) is 29.9. The van der Waals surface area contributed by atoms with Gasteiger partial charge in [0.25, 0.3) is 0 Å². The van der Waals surface area contributed by atoms with E-state index >= 15 is 0 Å². The average Bonchev–Trinajstić information content (AvgIpc) is 3.03. The molecule has 0 saturated carbocycles. The van der Waals surface area contributed by atoms with E-state index in [-0.39, 0.29) is 40.0 Å². The Morgan fingerprint density at radius 3 is 1.81 bits per heavy atom. The topological polar surface area (TPSA) is 84.0 Å². The molecule has 6 rings (SSSR count). The molecule has 266 valence electrons. The molecule has 4 heterocycles. The van der Waals surface area contributed by atoms with E-state index in [0.29, 0.717) is 11.8 Å². The molecule has 2 amide bonds. The van der Waals surface area contributed by atoms with Gasteiger partial charge in [0, 0.05) is 70.4 Å². The predicted octanol–water partition coefficient (Wildman–Crippen LogP) is 8.96. The first-order valence-corrected chi connectivity index (χ1v) is 17.0. The minimum atomic E-state index is -0.437. The Labute approximate surface area is 302 Å². The molecule has 2 fully saturated rings. The Balaban J connectivity index is 0.000000250. The van der Waals surface area contributed by atoms with E-state index in [1.165, 1.54) is 40.6 Å². The van der Waals surface area contributed by atoms with Crippen LogP contribution in [0.3, 0.4) is 0 Å². The number of rotatable bonds is 2. The number of carbonyl (C=O) groups is 2. The van der Waals surface area contributed by atoms with E-state index in [1.807, 2.05) is 63.6 Å². The molecule has 48 heavy (non-hydrogen) atoms. The number of para-hydroxylation sites is 2. The van der Waals surface area contributed by atoms with Crippen LogP contribution in [-0.4, -0.2) is 70.9 Å². The number of pyridine rings is 1. The number of nitrogens with one attached hydrogen (secondary N) is 1. The first kappa shape index (κ1) is 39.3. The van der Waals surface area contributed by atoms with Crippen molar-refractivity contribution in [3.8, 4) is 0 Å². The molecule has 0 spiro atoms. The van der Waals surface area contributed by atoms with Crippen LogP contribution in [0.1, 0.15) is 102 Å². The van der Waals surface area contributed by atoms with Crippen molar-refractivity contribution in [3.05, 3.63) is 78.8 Å². The summed E-state index contributed by atoms with van der Waals surface area (Å²) in [6.45, 7) is 15.6. The van der Waals surface area contributed by atoms with Crippen LogP contribution in [0, 0.1) is 7.43 Å². The van der Waals surface area contributed by atoms with Gasteiger partial charge in [-0.05, 0) is 115 Å². The zero-order chi connectivity index (χ0) is 32.9. The van der Waals surface area contributed by atoms with Crippen LogP contribution in [0.25, 0.3) is 10.9 Å². The number of hydrogen-bond acceptors (Lipinski definition) is 6. The van der Waals surface area contributed by atoms with Gasteiger partial charge in [-0.1, -0.05) is 42.5 Å². The van der Waals surface area contributed by atoms with Crippen molar-refractivity contribution >= 4 is 28.8 Å². The Kier molecular flexibility index (Phi) is 13.9. The molecule has 3 aliphatic rings. The molecule has 0 aliphatic carbocycles. The molecule has 1 aromatic heterocycles. The summed E-state index contributed by atoms with van der Waals surface area (Å²) in [5, 5.41) is 4.77. The molecule has 2 aromatic carbocycles. The van der Waals surface area contributed by atoms with Gasteiger partial charge in [-0.3, -0.25) is 4.98 Å². The third-order valence-corrected chi connectivity index (χ3v) is 8.94. The second-order valence-corrected chi connectivity index (χ2v) is 14.8. The summed E-state index contributed by atoms with van der Waals surface area (Å²) in [5.74, 6) is 0.988. The number of anilines is 1. The van der Waals surface area contributed by atoms with Crippen molar-refractivity contribution in [2.24, 2.45) is 0 Å². The number of amides is 2. The molecule has 9 heteroatoms. The van der Waals surface area contributed by atoms with Crippen LogP contribution < -0.4 is 5.32 Å². The SMILES string of the molecule is CC(C)(C)OC(=O)N1CCC(c2cccc3c2NCCC3)CC1.CC(C)(C)OC(=O)N1CCC(c2cccc3cccnc23)CC1.[CH3-].[Pd]. The molecule has 2 saturated heterocycles. The van der Waals surface area contributed by atoms with Crippen molar-refractivity contribution in [1.82, 2.24) is 14.8 Å². The standard InChI is InChI=1S/C19H28N2O2.C19H24N2O2.CH3.Pd/c2*1-19(2,3)23-18(22)21-12-9-14(10-13-21)16-8-4-6-15-7-5-11-20-17(15)16;;/h4,6,8,14,20H,5,7,9-13H2,1-3H3;4-8,11,14H,9-10,12-13H2,1-3H3;1H3;/q;;-1;. The molecular formula is C39H55N4O4Pd-. The number of aryl methyl sites for hydroxylation is 1. The summed E-state index contributed by atoms with van der Waals surface area (Å²) in [7, 11) is 0. The van der Waals surface area contributed by atoms with Gasteiger partial charge in [-0.2, -0.15) is 0 Å². The summed E-state index contributed by atoms with van der Waals surface area (Å²) in [5.41, 5.74) is 5.77. The number of likely N-dealkylation sites (tertiary alicyclic amines) is 2. The van der Waals surface area contributed by atoms with Crippen LogP contribution in [-0.2, 0) is 36.3 Å². The fourth-order valence-electron chi connectivity index (χ4n) is 6.73. The van der Waals surface area contributed by atoms with Crippen LogP contribution in [0.5, 0.6) is 0 Å². The summed E-state index contributed by atoms with van der Waals surface area (Å²) >= 11 is 0. The first-order chi connectivity index (χ1) is 21.9. The largest absolute Gasteiger partial charge is 0.444 e. The van der Waals surface area contributed by atoms with Gasteiger partial charge < -0.3 is 32.0 Å². The Bertz CT molecular complexity index is 1490. The van der Waals surface area contributed by atoms with Crippen LogP contribution in [0.15, 0.2) is 54.7 Å². The normalized spacial score (nSPS) is 17.0. The van der Waals surface area contributed by atoms with Gasteiger partial charge in [-0.15, -0.1) is 0 Å². The maximum atomic E-state index is 12.2. The number of fused-ring (bicyclic) bond motifs is 2. The predicted molar refractivity (Wildman–Crippen MR) is 191 cm³/mol. The number of hydrogen-bond donors (Lipinski definition) is 1. The summed E-state index contributed by atoms with van der Waals surface area (Å²) in [6.07, 6.45) is 7.79. The van der Waals surface area contributed by atoms with E-state index in [9.17, 15) is 9.59 Å². The average molecular weight is 750 g/mol. The molecule has 0 atom stereocenters. The molecule has 1 N–H and O–H groups in total. The van der Waals surface area contributed by atoms with Crippen molar-refractivity contribution in [2.45, 2.75) is 103 Å². The second-order valence-electron chi connectivity index (χ2n) is 14.8. The van der Waals surface area contributed by atoms with Gasteiger partial charge in [0.15, 0.2) is 0 Å². The quantitative estimate of drug-likeness (QED) is 0.208. The smallest absolute Gasteiger partial charge is 0.410 e.